The largest absolute Gasteiger partial charge is 0.366 e. The highest BCUT2D eigenvalue weighted by atomic mass is 16.5. The molecule has 0 bridgehead atoms. The Morgan fingerprint density at radius 3 is 2.83 bits per heavy atom. The first kappa shape index (κ1) is 25.3. The van der Waals surface area contributed by atoms with E-state index in [1.54, 1.807) is 6.33 Å². The number of aromatic nitrogens is 4. The molecule has 206 valence electrons. The highest BCUT2D eigenvalue weighted by Gasteiger charge is 2.31. The molecule has 10 nitrogen and oxygen atoms in total. The molecular weight excluding hydrogens is 514 g/mol. The standard InChI is InChI=1S/C31H31N9O/c1-21-15-32-18-31(2,41-21)14-24-17-40(38-37-24)25-9-10-27-26(13-25)30(34-19-33-27)36-23-8-11-29-28(12-23)35-20-39(29)16-22-6-4-3-5-7-22/h3-14,19-21,32H,15-18H2,1-2H3,(H,33,34,36)/b24-14+/t21-,31+/m1/s1. The van der Waals surface area contributed by atoms with E-state index in [0.717, 1.165) is 64.5 Å². The molecule has 10 heteroatoms. The van der Waals surface area contributed by atoms with E-state index in [1.165, 1.54) is 5.56 Å². The molecule has 7 rings (SSSR count). The zero-order valence-electron chi connectivity index (χ0n) is 23.0. The van der Waals surface area contributed by atoms with Gasteiger partial charge in [0, 0.05) is 30.7 Å². The molecule has 1 fully saturated rings. The van der Waals surface area contributed by atoms with Crippen LogP contribution in [0.5, 0.6) is 0 Å². The normalized spacial score (nSPS) is 21.8. The molecule has 41 heavy (non-hydrogen) atoms. The second kappa shape index (κ2) is 10.4. The van der Waals surface area contributed by atoms with E-state index in [2.05, 4.69) is 103 Å². The second-order valence-electron chi connectivity index (χ2n) is 10.9. The predicted molar refractivity (Wildman–Crippen MR) is 160 cm³/mol. The molecule has 2 aliphatic rings. The molecule has 0 saturated carbocycles. The third kappa shape index (κ3) is 5.27. The lowest BCUT2D eigenvalue weighted by molar-refractivity contribution is -0.0672. The van der Waals surface area contributed by atoms with Gasteiger partial charge in [-0.1, -0.05) is 35.6 Å². The van der Waals surface area contributed by atoms with Gasteiger partial charge in [-0.15, -0.1) is 5.11 Å². The van der Waals surface area contributed by atoms with E-state index in [1.807, 2.05) is 35.6 Å². The van der Waals surface area contributed by atoms with E-state index in [9.17, 15) is 0 Å². The quantitative estimate of drug-likeness (QED) is 0.286. The Hall–Kier alpha value is -4.67. The third-order valence-corrected chi connectivity index (χ3v) is 7.44. The van der Waals surface area contributed by atoms with E-state index in [-0.39, 0.29) is 6.10 Å². The van der Waals surface area contributed by atoms with Gasteiger partial charge in [-0.25, -0.2) is 20.0 Å². The first-order valence-electron chi connectivity index (χ1n) is 13.8. The number of rotatable bonds is 6. The van der Waals surface area contributed by atoms with Gasteiger partial charge in [-0.3, -0.25) is 0 Å². The van der Waals surface area contributed by atoms with Crippen LogP contribution < -0.4 is 15.6 Å². The van der Waals surface area contributed by atoms with E-state index < -0.39 is 5.60 Å². The van der Waals surface area contributed by atoms with E-state index >= 15 is 0 Å². The summed E-state index contributed by atoms with van der Waals surface area (Å²) in [6, 6.07) is 22.6. The fraction of sp³-hybridized carbons (Fsp3) is 0.258. The fourth-order valence-corrected chi connectivity index (χ4v) is 5.54. The Kier molecular flexibility index (Phi) is 6.41. The molecule has 0 aliphatic carbocycles. The molecule has 0 spiro atoms. The maximum Gasteiger partial charge on any atom is 0.141 e. The summed E-state index contributed by atoms with van der Waals surface area (Å²) in [5, 5.41) is 18.6. The van der Waals surface area contributed by atoms with Crippen molar-refractivity contribution in [3.05, 3.63) is 96.7 Å². The summed E-state index contributed by atoms with van der Waals surface area (Å²) in [7, 11) is 0. The number of hydrogen-bond donors (Lipinski definition) is 2. The van der Waals surface area contributed by atoms with Gasteiger partial charge in [0.05, 0.1) is 52.5 Å². The maximum atomic E-state index is 6.17. The monoisotopic (exact) mass is 545 g/mol. The molecule has 0 unspecified atom stereocenters. The molecule has 5 aromatic rings. The molecule has 2 aromatic heterocycles. The SMILES string of the molecule is C[C@@H]1CNC[C@](C)(/C=C2\CN(c3ccc4ncnc(Nc5ccc6c(c5)ncn6Cc5ccccc5)c4c3)N=N2)O1. The highest BCUT2D eigenvalue weighted by Crippen LogP contribution is 2.31. The number of anilines is 3. The van der Waals surface area contributed by atoms with Crippen LogP contribution in [0.25, 0.3) is 21.9 Å². The Bertz CT molecular complexity index is 1780. The lowest BCUT2D eigenvalue weighted by Crippen LogP contribution is -2.50. The van der Waals surface area contributed by atoms with Crippen molar-refractivity contribution in [2.75, 3.05) is 30.0 Å². The van der Waals surface area contributed by atoms with Crippen LogP contribution in [0.2, 0.25) is 0 Å². The van der Waals surface area contributed by atoms with Gasteiger partial charge < -0.3 is 19.9 Å². The van der Waals surface area contributed by atoms with E-state index in [4.69, 9.17) is 4.74 Å². The lowest BCUT2D eigenvalue weighted by atomic mass is 10.0. The highest BCUT2D eigenvalue weighted by molar-refractivity contribution is 5.93. The van der Waals surface area contributed by atoms with Crippen LogP contribution in [-0.4, -0.2) is 50.9 Å². The minimum Gasteiger partial charge on any atom is -0.366 e. The van der Waals surface area contributed by atoms with Crippen molar-refractivity contribution < 1.29 is 4.74 Å². The van der Waals surface area contributed by atoms with Crippen LogP contribution in [-0.2, 0) is 11.3 Å². The topological polar surface area (TPSA) is 105 Å². The van der Waals surface area contributed by atoms with Gasteiger partial charge in [0.2, 0.25) is 0 Å². The van der Waals surface area contributed by atoms with Crippen LogP contribution in [0.15, 0.2) is 101 Å². The molecular formula is C31H31N9O. The molecule has 4 heterocycles. The molecule has 2 aliphatic heterocycles. The Morgan fingerprint density at radius 2 is 1.95 bits per heavy atom. The maximum absolute atomic E-state index is 6.17. The Labute approximate surface area is 237 Å². The number of nitrogens with one attached hydrogen (secondary N) is 2. The summed E-state index contributed by atoms with van der Waals surface area (Å²) in [5.41, 5.74) is 6.37. The summed E-state index contributed by atoms with van der Waals surface area (Å²) < 4.78 is 8.33. The number of benzene rings is 3. The van der Waals surface area contributed by atoms with Gasteiger partial charge in [0.1, 0.15) is 12.1 Å². The molecule has 0 radical (unpaired) electrons. The number of morpholine rings is 1. The van der Waals surface area contributed by atoms with Gasteiger partial charge in [0.15, 0.2) is 0 Å². The van der Waals surface area contributed by atoms with Gasteiger partial charge in [-0.2, -0.15) is 0 Å². The van der Waals surface area contributed by atoms with Gasteiger partial charge in [0.25, 0.3) is 0 Å². The molecule has 3 aromatic carbocycles. The number of ether oxygens (including phenoxy) is 1. The van der Waals surface area contributed by atoms with E-state index in [0.29, 0.717) is 6.54 Å². The van der Waals surface area contributed by atoms with Crippen LogP contribution in [0.1, 0.15) is 19.4 Å². The average molecular weight is 546 g/mol. The van der Waals surface area contributed by atoms with Crippen LogP contribution >= 0.6 is 0 Å². The molecule has 2 atom stereocenters. The van der Waals surface area contributed by atoms with Gasteiger partial charge >= 0.3 is 0 Å². The summed E-state index contributed by atoms with van der Waals surface area (Å²) in [6.45, 7) is 7.10. The Morgan fingerprint density at radius 1 is 1.05 bits per heavy atom. The average Bonchev–Trinajstić information content (AvgIpc) is 3.60. The number of nitrogens with zero attached hydrogens (tertiary/aromatic N) is 7. The lowest BCUT2D eigenvalue weighted by Gasteiger charge is -2.36. The van der Waals surface area contributed by atoms with Crippen molar-refractivity contribution >= 4 is 39.1 Å². The first-order chi connectivity index (χ1) is 20.0. The number of imidazole rings is 1. The van der Waals surface area contributed by atoms with Crippen LogP contribution in [0.3, 0.4) is 0 Å². The van der Waals surface area contributed by atoms with Crippen molar-refractivity contribution in [3.63, 3.8) is 0 Å². The van der Waals surface area contributed by atoms with Crippen molar-refractivity contribution in [3.8, 4) is 0 Å². The third-order valence-electron chi connectivity index (χ3n) is 7.44. The van der Waals surface area contributed by atoms with Gasteiger partial charge in [-0.05, 0) is 61.9 Å². The van der Waals surface area contributed by atoms with Crippen molar-refractivity contribution in [2.24, 2.45) is 10.3 Å². The molecule has 1 saturated heterocycles. The van der Waals surface area contributed by atoms with Crippen molar-refractivity contribution in [1.82, 2.24) is 24.8 Å². The van der Waals surface area contributed by atoms with Crippen molar-refractivity contribution in [2.45, 2.75) is 32.1 Å². The zero-order valence-corrected chi connectivity index (χ0v) is 23.0. The first-order valence-corrected chi connectivity index (χ1v) is 13.8. The minimum atomic E-state index is -0.408. The summed E-state index contributed by atoms with van der Waals surface area (Å²) in [6.07, 6.45) is 5.69. The van der Waals surface area contributed by atoms with Crippen LogP contribution in [0.4, 0.5) is 17.2 Å². The smallest absolute Gasteiger partial charge is 0.141 e. The number of fused-ring (bicyclic) bond motifs is 2. The summed E-state index contributed by atoms with van der Waals surface area (Å²) in [5.74, 6) is 0.718. The zero-order chi connectivity index (χ0) is 27.8. The molecule has 0 amide bonds. The Balaban J connectivity index is 1.12. The predicted octanol–water partition coefficient (Wildman–Crippen LogP) is 5.61. The second-order valence-corrected chi connectivity index (χ2v) is 10.9. The summed E-state index contributed by atoms with van der Waals surface area (Å²) >= 11 is 0. The van der Waals surface area contributed by atoms with Crippen molar-refractivity contribution in [1.29, 1.82) is 0 Å². The number of hydrogen-bond acceptors (Lipinski definition) is 9. The molecule has 2 N–H and O–H groups in total. The van der Waals surface area contributed by atoms with Crippen LogP contribution in [0, 0.1) is 0 Å². The minimum absolute atomic E-state index is 0.150. The summed E-state index contributed by atoms with van der Waals surface area (Å²) in [4.78, 5) is 13.7. The fourth-order valence-electron chi connectivity index (χ4n) is 5.54.